The molecule has 1 aromatic carbocycles. The molecule has 1 aliphatic carbocycles. The van der Waals surface area contributed by atoms with Crippen molar-refractivity contribution < 1.29 is 9.52 Å². The van der Waals surface area contributed by atoms with E-state index in [-0.39, 0.29) is 5.75 Å². The lowest BCUT2D eigenvalue weighted by Gasteiger charge is -2.26. The first-order chi connectivity index (χ1) is 9.76. The minimum atomic E-state index is 0.251. The molecule has 0 radical (unpaired) electrons. The van der Waals surface area contributed by atoms with E-state index in [1.807, 2.05) is 0 Å². The number of hydrogen-bond donors (Lipinski definition) is 1. The maximum Gasteiger partial charge on any atom is 0.198 e. The van der Waals surface area contributed by atoms with Crippen molar-refractivity contribution in [3.8, 4) is 5.75 Å². The standard InChI is InChI=1S/C17H23NO2/c1-2-3-4-12-5-7-13(8-6-12)17-18-15-11-14(19)9-10-16(15)20-17/h9-13,19H,2-8H2,1H3. The van der Waals surface area contributed by atoms with Gasteiger partial charge in [0.15, 0.2) is 11.5 Å². The number of rotatable bonds is 4. The van der Waals surface area contributed by atoms with Gasteiger partial charge >= 0.3 is 0 Å². The first-order valence-corrected chi connectivity index (χ1v) is 7.85. The second-order valence-corrected chi connectivity index (χ2v) is 6.06. The molecule has 3 heteroatoms. The van der Waals surface area contributed by atoms with Gasteiger partial charge in [-0.15, -0.1) is 0 Å². The average molecular weight is 273 g/mol. The summed E-state index contributed by atoms with van der Waals surface area (Å²) in [6, 6.07) is 5.13. The van der Waals surface area contributed by atoms with Crippen LogP contribution in [0.2, 0.25) is 0 Å². The third-order valence-corrected chi connectivity index (χ3v) is 4.55. The van der Waals surface area contributed by atoms with E-state index >= 15 is 0 Å². The second kappa shape index (κ2) is 5.86. The van der Waals surface area contributed by atoms with E-state index in [0.29, 0.717) is 5.92 Å². The molecule has 0 unspecified atom stereocenters. The summed E-state index contributed by atoms with van der Waals surface area (Å²) in [7, 11) is 0. The highest BCUT2D eigenvalue weighted by Crippen LogP contribution is 2.38. The van der Waals surface area contributed by atoms with Crippen LogP contribution in [0.5, 0.6) is 5.75 Å². The molecule has 1 fully saturated rings. The molecule has 0 bridgehead atoms. The molecule has 3 nitrogen and oxygen atoms in total. The third-order valence-electron chi connectivity index (χ3n) is 4.55. The van der Waals surface area contributed by atoms with Gasteiger partial charge in [-0.3, -0.25) is 0 Å². The average Bonchev–Trinajstić information content (AvgIpc) is 2.88. The fourth-order valence-corrected chi connectivity index (χ4v) is 3.30. The predicted molar refractivity (Wildman–Crippen MR) is 79.9 cm³/mol. The highest BCUT2D eigenvalue weighted by molar-refractivity contribution is 5.74. The van der Waals surface area contributed by atoms with E-state index in [1.165, 1.54) is 44.9 Å². The van der Waals surface area contributed by atoms with Crippen LogP contribution < -0.4 is 0 Å². The lowest BCUT2D eigenvalue weighted by atomic mass is 9.80. The maximum absolute atomic E-state index is 9.49. The molecule has 0 aliphatic heterocycles. The molecule has 1 aliphatic rings. The number of benzene rings is 1. The molecule has 3 rings (SSSR count). The molecule has 108 valence electrons. The number of unbranched alkanes of at least 4 members (excludes halogenated alkanes) is 1. The quantitative estimate of drug-likeness (QED) is 0.852. The van der Waals surface area contributed by atoms with Crippen molar-refractivity contribution in [2.75, 3.05) is 0 Å². The third kappa shape index (κ3) is 2.82. The number of fused-ring (bicyclic) bond motifs is 1. The molecule has 0 atom stereocenters. The lowest BCUT2D eigenvalue weighted by Crippen LogP contribution is -2.13. The number of phenolic OH excluding ortho intramolecular Hbond substituents is 1. The Morgan fingerprint density at radius 3 is 2.80 bits per heavy atom. The Morgan fingerprint density at radius 1 is 1.25 bits per heavy atom. The van der Waals surface area contributed by atoms with E-state index in [1.54, 1.807) is 18.2 Å². The number of aromatic hydroxyl groups is 1. The summed E-state index contributed by atoms with van der Waals surface area (Å²) in [6.07, 6.45) is 9.01. The van der Waals surface area contributed by atoms with Gasteiger partial charge in [-0.1, -0.05) is 26.2 Å². The number of phenols is 1. The monoisotopic (exact) mass is 273 g/mol. The Labute approximate surface area is 120 Å². The summed E-state index contributed by atoms with van der Waals surface area (Å²) in [6.45, 7) is 2.26. The largest absolute Gasteiger partial charge is 0.508 e. The topological polar surface area (TPSA) is 46.3 Å². The van der Waals surface area contributed by atoms with E-state index < -0.39 is 0 Å². The van der Waals surface area contributed by atoms with Crippen LogP contribution in [0.15, 0.2) is 22.6 Å². The number of oxazole rings is 1. The van der Waals surface area contributed by atoms with Crippen molar-refractivity contribution in [3.63, 3.8) is 0 Å². The van der Waals surface area contributed by atoms with Gasteiger partial charge < -0.3 is 9.52 Å². The lowest BCUT2D eigenvalue weighted by molar-refractivity contribution is 0.280. The molecular formula is C17H23NO2. The zero-order valence-corrected chi connectivity index (χ0v) is 12.1. The minimum absolute atomic E-state index is 0.251. The normalized spacial score (nSPS) is 23.2. The molecule has 1 aromatic heterocycles. The van der Waals surface area contributed by atoms with Gasteiger partial charge in [0, 0.05) is 12.0 Å². The van der Waals surface area contributed by atoms with Crippen molar-refractivity contribution in [2.24, 2.45) is 5.92 Å². The van der Waals surface area contributed by atoms with Gasteiger partial charge in [-0.05, 0) is 43.7 Å². The van der Waals surface area contributed by atoms with Crippen molar-refractivity contribution in [1.29, 1.82) is 0 Å². The highest BCUT2D eigenvalue weighted by Gasteiger charge is 2.25. The van der Waals surface area contributed by atoms with Gasteiger partial charge in [0.25, 0.3) is 0 Å². The number of aromatic nitrogens is 1. The van der Waals surface area contributed by atoms with Crippen molar-refractivity contribution >= 4 is 11.1 Å². The number of nitrogens with zero attached hydrogens (tertiary/aromatic N) is 1. The Kier molecular flexibility index (Phi) is 3.95. The van der Waals surface area contributed by atoms with Crippen LogP contribution in [-0.4, -0.2) is 10.1 Å². The van der Waals surface area contributed by atoms with Gasteiger partial charge in [0.2, 0.25) is 0 Å². The maximum atomic E-state index is 9.49. The molecule has 1 saturated carbocycles. The molecule has 0 spiro atoms. The zero-order valence-electron chi connectivity index (χ0n) is 12.1. The first kappa shape index (κ1) is 13.5. The summed E-state index contributed by atoms with van der Waals surface area (Å²) in [5.41, 5.74) is 1.55. The van der Waals surface area contributed by atoms with Crippen LogP contribution in [0, 0.1) is 5.92 Å². The van der Waals surface area contributed by atoms with Crippen LogP contribution in [-0.2, 0) is 0 Å². The molecule has 1 heterocycles. The molecule has 0 amide bonds. The van der Waals surface area contributed by atoms with Gasteiger partial charge in [0.1, 0.15) is 11.3 Å². The van der Waals surface area contributed by atoms with E-state index in [2.05, 4.69) is 11.9 Å². The van der Waals surface area contributed by atoms with E-state index in [4.69, 9.17) is 4.42 Å². The summed E-state index contributed by atoms with van der Waals surface area (Å²) < 4.78 is 5.86. The minimum Gasteiger partial charge on any atom is -0.508 e. The SMILES string of the molecule is CCCCC1CCC(c2nc3cc(O)ccc3o2)CC1. The second-order valence-electron chi connectivity index (χ2n) is 6.06. The van der Waals surface area contributed by atoms with Crippen LogP contribution in [0.4, 0.5) is 0 Å². The Balaban J connectivity index is 1.67. The van der Waals surface area contributed by atoms with Crippen molar-refractivity contribution in [2.45, 2.75) is 57.8 Å². The van der Waals surface area contributed by atoms with Crippen LogP contribution in [0.1, 0.15) is 63.7 Å². The summed E-state index contributed by atoms with van der Waals surface area (Å²) in [5, 5.41) is 9.49. The van der Waals surface area contributed by atoms with Crippen LogP contribution in [0.25, 0.3) is 11.1 Å². The zero-order chi connectivity index (χ0) is 13.9. The van der Waals surface area contributed by atoms with Gasteiger partial charge in [-0.2, -0.15) is 0 Å². The Hall–Kier alpha value is -1.51. The predicted octanol–water partition coefficient (Wildman–Crippen LogP) is 5.00. The summed E-state index contributed by atoms with van der Waals surface area (Å²) >= 11 is 0. The molecule has 0 saturated heterocycles. The smallest absolute Gasteiger partial charge is 0.198 e. The van der Waals surface area contributed by atoms with Crippen LogP contribution in [0.3, 0.4) is 0 Å². The van der Waals surface area contributed by atoms with E-state index in [9.17, 15) is 5.11 Å². The Morgan fingerprint density at radius 2 is 2.05 bits per heavy atom. The number of hydrogen-bond acceptors (Lipinski definition) is 3. The van der Waals surface area contributed by atoms with E-state index in [0.717, 1.165) is 22.9 Å². The van der Waals surface area contributed by atoms with Gasteiger partial charge in [0.05, 0.1) is 0 Å². The summed E-state index contributed by atoms with van der Waals surface area (Å²) in [5.74, 6) is 2.47. The summed E-state index contributed by atoms with van der Waals surface area (Å²) in [4.78, 5) is 4.56. The Bertz CT molecular complexity index is 567. The molecule has 1 N–H and O–H groups in total. The van der Waals surface area contributed by atoms with Crippen molar-refractivity contribution in [1.82, 2.24) is 4.98 Å². The molecule has 2 aromatic rings. The molecular weight excluding hydrogens is 250 g/mol. The fourth-order valence-electron chi connectivity index (χ4n) is 3.30. The fraction of sp³-hybridized carbons (Fsp3) is 0.588. The highest BCUT2D eigenvalue weighted by atomic mass is 16.3. The molecule has 20 heavy (non-hydrogen) atoms. The van der Waals surface area contributed by atoms with Gasteiger partial charge in [-0.25, -0.2) is 4.98 Å². The van der Waals surface area contributed by atoms with Crippen LogP contribution >= 0.6 is 0 Å². The first-order valence-electron chi connectivity index (χ1n) is 7.85. The van der Waals surface area contributed by atoms with Crippen molar-refractivity contribution in [3.05, 3.63) is 24.1 Å².